The van der Waals surface area contributed by atoms with Crippen molar-refractivity contribution in [1.29, 1.82) is 0 Å². The van der Waals surface area contributed by atoms with Crippen LogP contribution in [0, 0.1) is 5.41 Å². The lowest BCUT2D eigenvalue weighted by Crippen LogP contribution is -2.56. The molecule has 0 unspecified atom stereocenters. The molecule has 2 saturated heterocycles. The number of nitrogens with two attached hydrogens (primary N) is 1. The predicted octanol–water partition coefficient (Wildman–Crippen LogP) is 1.61. The molecule has 0 amide bonds. The average Bonchev–Trinajstić information content (AvgIpc) is 2.45. The molecule has 16 heavy (non-hydrogen) atoms. The Hall–Kier alpha value is -0.120. The van der Waals surface area contributed by atoms with E-state index in [-0.39, 0.29) is 17.1 Å². The molecule has 0 aromatic heterocycles. The molecule has 2 aliphatic heterocycles. The van der Waals surface area contributed by atoms with E-state index >= 15 is 0 Å². The number of hydrogen-bond donors (Lipinski definition) is 1. The molecule has 2 aliphatic rings. The van der Waals surface area contributed by atoms with E-state index in [0.717, 1.165) is 32.5 Å². The van der Waals surface area contributed by atoms with Gasteiger partial charge in [-0.2, -0.15) is 0 Å². The standard InChI is InChI=1S/C13H26N2O/c1-10(2)15-7-5-13(6-8-15)11(14)12(3,4)9-16-13/h10-11H,5-9,14H2,1-4H3/t11-/m1/s1. The third-order valence-corrected chi connectivity index (χ3v) is 4.52. The molecule has 0 radical (unpaired) electrons. The van der Waals surface area contributed by atoms with E-state index in [9.17, 15) is 0 Å². The summed E-state index contributed by atoms with van der Waals surface area (Å²) in [4.78, 5) is 2.52. The normalized spacial score (nSPS) is 33.8. The van der Waals surface area contributed by atoms with Crippen molar-refractivity contribution in [2.45, 2.75) is 58.2 Å². The first-order valence-electron chi connectivity index (χ1n) is 6.51. The molecule has 0 bridgehead atoms. The number of hydrogen-bond acceptors (Lipinski definition) is 3. The van der Waals surface area contributed by atoms with Crippen molar-refractivity contribution in [3.05, 3.63) is 0 Å². The fourth-order valence-corrected chi connectivity index (χ4v) is 3.10. The van der Waals surface area contributed by atoms with Crippen molar-refractivity contribution in [3.63, 3.8) is 0 Å². The summed E-state index contributed by atoms with van der Waals surface area (Å²) < 4.78 is 6.09. The fraction of sp³-hybridized carbons (Fsp3) is 1.00. The second-order valence-corrected chi connectivity index (χ2v) is 6.45. The van der Waals surface area contributed by atoms with Gasteiger partial charge in [-0.25, -0.2) is 0 Å². The number of nitrogens with zero attached hydrogens (tertiary/aromatic N) is 1. The highest BCUT2D eigenvalue weighted by Crippen LogP contribution is 2.43. The minimum Gasteiger partial charge on any atom is -0.373 e. The Morgan fingerprint density at radius 2 is 1.81 bits per heavy atom. The van der Waals surface area contributed by atoms with Crippen LogP contribution in [0.25, 0.3) is 0 Å². The van der Waals surface area contributed by atoms with E-state index in [0.29, 0.717) is 6.04 Å². The van der Waals surface area contributed by atoms with Gasteiger partial charge in [-0.1, -0.05) is 13.8 Å². The average molecular weight is 226 g/mol. The monoisotopic (exact) mass is 226 g/mol. The summed E-state index contributed by atoms with van der Waals surface area (Å²) in [6.45, 7) is 12.0. The maximum absolute atomic E-state index is 6.40. The van der Waals surface area contributed by atoms with Gasteiger partial charge in [0.15, 0.2) is 0 Å². The van der Waals surface area contributed by atoms with Gasteiger partial charge in [0, 0.05) is 30.6 Å². The highest BCUT2D eigenvalue weighted by atomic mass is 16.5. The molecule has 1 spiro atoms. The van der Waals surface area contributed by atoms with Gasteiger partial charge in [0.1, 0.15) is 0 Å². The SMILES string of the molecule is CC(C)N1CCC2(CC1)OCC(C)(C)[C@H]2N. The third kappa shape index (κ3) is 1.89. The van der Waals surface area contributed by atoms with Crippen molar-refractivity contribution < 1.29 is 4.74 Å². The molecular weight excluding hydrogens is 200 g/mol. The summed E-state index contributed by atoms with van der Waals surface area (Å²) in [6.07, 6.45) is 2.19. The van der Waals surface area contributed by atoms with Crippen LogP contribution in [0.15, 0.2) is 0 Å². The first-order chi connectivity index (χ1) is 7.37. The van der Waals surface area contributed by atoms with Crippen molar-refractivity contribution in [3.8, 4) is 0 Å². The van der Waals surface area contributed by atoms with Crippen LogP contribution in [-0.2, 0) is 4.74 Å². The van der Waals surface area contributed by atoms with E-state index in [1.165, 1.54) is 0 Å². The minimum absolute atomic E-state index is 0.0328. The number of piperidine rings is 1. The van der Waals surface area contributed by atoms with Gasteiger partial charge in [-0.05, 0) is 26.7 Å². The van der Waals surface area contributed by atoms with Crippen LogP contribution in [-0.4, -0.2) is 42.3 Å². The number of rotatable bonds is 1. The highest BCUT2D eigenvalue weighted by molar-refractivity contribution is 5.06. The van der Waals surface area contributed by atoms with Gasteiger partial charge in [0.2, 0.25) is 0 Å². The lowest BCUT2D eigenvalue weighted by atomic mass is 9.75. The fourth-order valence-electron chi connectivity index (χ4n) is 3.10. The van der Waals surface area contributed by atoms with Crippen molar-refractivity contribution in [2.24, 2.45) is 11.1 Å². The van der Waals surface area contributed by atoms with E-state index in [1.807, 2.05) is 0 Å². The lowest BCUT2D eigenvalue weighted by molar-refractivity contribution is -0.0556. The van der Waals surface area contributed by atoms with Crippen LogP contribution in [0.4, 0.5) is 0 Å². The van der Waals surface area contributed by atoms with Gasteiger partial charge in [0.25, 0.3) is 0 Å². The lowest BCUT2D eigenvalue weighted by Gasteiger charge is -2.43. The maximum atomic E-state index is 6.40. The van der Waals surface area contributed by atoms with Gasteiger partial charge in [-0.15, -0.1) is 0 Å². The summed E-state index contributed by atoms with van der Waals surface area (Å²) in [7, 11) is 0. The van der Waals surface area contributed by atoms with Crippen LogP contribution in [0.2, 0.25) is 0 Å². The molecule has 0 aliphatic carbocycles. The topological polar surface area (TPSA) is 38.5 Å². The molecule has 2 N–H and O–H groups in total. The molecule has 0 saturated carbocycles. The summed E-state index contributed by atoms with van der Waals surface area (Å²) >= 11 is 0. The molecule has 0 aromatic rings. The summed E-state index contributed by atoms with van der Waals surface area (Å²) in [5.74, 6) is 0. The predicted molar refractivity (Wildman–Crippen MR) is 66.4 cm³/mol. The van der Waals surface area contributed by atoms with Gasteiger partial charge in [0.05, 0.1) is 12.2 Å². The zero-order chi connectivity index (χ0) is 12.0. The van der Waals surface area contributed by atoms with Crippen LogP contribution < -0.4 is 5.73 Å². The van der Waals surface area contributed by atoms with E-state index in [4.69, 9.17) is 10.5 Å². The van der Waals surface area contributed by atoms with Crippen molar-refractivity contribution >= 4 is 0 Å². The van der Waals surface area contributed by atoms with Crippen LogP contribution in [0.3, 0.4) is 0 Å². The van der Waals surface area contributed by atoms with Crippen molar-refractivity contribution in [2.75, 3.05) is 19.7 Å². The maximum Gasteiger partial charge on any atom is 0.0863 e. The minimum atomic E-state index is -0.0328. The molecule has 3 nitrogen and oxygen atoms in total. The Balaban J connectivity index is 2.03. The Morgan fingerprint density at radius 1 is 1.25 bits per heavy atom. The quantitative estimate of drug-likeness (QED) is 0.738. The second-order valence-electron chi connectivity index (χ2n) is 6.45. The molecule has 3 heteroatoms. The molecule has 94 valence electrons. The third-order valence-electron chi connectivity index (χ3n) is 4.52. The first kappa shape index (κ1) is 12.3. The number of likely N-dealkylation sites (tertiary alicyclic amines) is 1. The smallest absolute Gasteiger partial charge is 0.0863 e. The second kappa shape index (κ2) is 3.97. The van der Waals surface area contributed by atoms with E-state index in [1.54, 1.807) is 0 Å². The van der Waals surface area contributed by atoms with Crippen molar-refractivity contribution in [1.82, 2.24) is 4.90 Å². The molecule has 2 fully saturated rings. The zero-order valence-corrected chi connectivity index (χ0v) is 11.1. The number of ether oxygens (including phenoxy) is 1. The molecule has 2 heterocycles. The first-order valence-corrected chi connectivity index (χ1v) is 6.51. The molecular formula is C13H26N2O. The van der Waals surface area contributed by atoms with E-state index < -0.39 is 0 Å². The summed E-state index contributed by atoms with van der Waals surface area (Å²) in [5, 5.41) is 0. The van der Waals surface area contributed by atoms with Crippen LogP contribution in [0.1, 0.15) is 40.5 Å². The Bertz CT molecular complexity index is 255. The van der Waals surface area contributed by atoms with Crippen LogP contribution in [0.5, 0.6) is 0 Å². The largest absolute Gasteiger partial charge is 0.373 e. The summed E-state index contributed by atoms with van der Waals surface area (Å²) in [6, 6.07) is 0.831. The molecule has 1 atom stereocenters. The molecule has 2 rings (SSSR count). The van der Waals surface area contributed by atoms with E-state index in [2.05, 4.69) is 32.6 Å². The summed E-state index contributed by atoms with van der Waals surface area (Å²) in [5.41, 5.74) is 6.51. The van der Waals surface area contributed by atoms with Crippen LogP contribution >= 0.6 is 0 Å². The highest BCUT2D eigenvalue weighted by Gasteiger charge is 2.52. The van der Waals surface area contributed by atoms with Gasteiger partial charge >= 0.3 is 0 Å². The van der Waals surface area contributed by atoms with Gasteiger partial charge in [-0.3, -0.25) is 0 Å². The zero-order valence-electron chi connectivity index (χ0n) is 11.1. The van der Waals surface area contributed by atoms with Gasteiger partial charge < -0.3 is 15.4 Å². The Morgan fingerprint density at radius 3 is 2.19 bits per heavy atom. The molecule has 0 aromatic carbocycles. The Labute approximate surface area is 99.3 Å². The Kier molecular flexibility index (Phi) is 3.06.